The van der Waals surface area contributed by atoms with Crippen molar-refractivity contribution in [3.8, 4) is 0 Å². The van der Waals surface area contributed by atoms with Gasteiger partial charge < -0.3 is 15.2 Å². The minimum Gasteiger partial charge on any atom is -0.357 e. The molecule has 0 aromatic carbocycles. The Bertz CT molecular complexity index is 141. The Labute approximate surface area is 109 Å². The molecule has 0 rings (SSSR count). The van der Waals surface area contributed by atoms with E-state index in [2.05, 4.69) is 0 Å². The molecular weight excluding hydrogens is 230 g/mol. The molecule has 3 nitrogen and oxygen atoms in total. The first-order chi connectivity index (χ1) is 8.35. The third-order valence-electron chi connectivity index (χ3n) is 2.85. The lowest BCUT2D eigenvalue weighted by Crippen LogP contribution is -2.24. The third-order valence-corrected chi connectivity index (χ3v) is 4.70. The van der Waals surface area contributed by atoms with Crippen molar-refractivity contribution in [1.82, 2.24) is 0 Å². The summed E-state index contributed by atoms with van der Waals surface area (Å²) in [6.45, 7) is 6.47. The van der Waals surface area contributed by atoms with Crippen LogP contribution in [0.1, 0.15) is 52.4 Å². The van der Waals surface area contributed by atoms with Gasteiger partial charge in [0.15, 0.2) is 0 Å². The standard InChI is InChI=1S/C13H31NO2Si/c1-3-15-13(16-4-2)17-12-10-8-6-5-7-9-11-14/h13H,3-12,14,17H2,1-2H3. The zero-order valence-electron chi connectivity index (χ0n) is 11.7. The van der Waals surface area contributed by atoms with Crippen molar-refractivity contribution in [1.29, 1.82) is 0 Å². The topological polar surface area (TPSA) is 44.5 Å². The van der Waals surface area contributed by atoms with E-state index in [1.54, 1.807) is 0 Å². The zero-order chi connectivity index (χ0) is 12.8. The first-order valence-corrected chi connectivity index (χ1v) is 9.10. The molecule has 0 spiro atoms. The molecule has 0 saturated heterocycles. The van der Waals surface area contributed by atoms with E-state index in [1.165, 1.54) is 44.6 Å². The van der Waals surface area contributed by atoms with Gasteiger partial charge >= 0.3 is 0 Å². The Kier molecular flexibility index (Phi) is 14.2. The summed E-state index contributed by atoms with van der Waals surface area (Å²) in [4.78, 5) is 0. The number of ether oxygens (including phenoxy) is 2. The Hall–Kier alpha value is 0.0969. The average molecular weight is 261 g/mol. The first kappa shape index (κ1) is 17.1. The maximum Gasteiger partial charge on any atom is 0.134 e. The van der Waals surface area contributed by atoms with Gasteiger partial charge in [0.2, 0.25) is 0 Å². The summed E-state index contributed by atoms with van der Waals surface area (Å²) in [5, 5.41) is 0. The van der Waals surface area contributed by atoms with E-state index in [-0.39, 0.29) is 15.4 Å². The number of nitrogens with two attached hydrogens (primary N) is 1. The van der Waals surface area contributed by atoms with E-state index in [9.17, 15) is 0 Å². The maximum atomic E-state index is 5.57. The second-order valence-corrected chi connectivity index (χ2v) is 6.34. The van der Waals surface area contributed by atoms with Gasteiger partial charge in [0.05, 0.1) is 9.52 Å². The molecule has 0 unspecified atom stereocenters. The molecule has 0 aromatic heterocycles. The fraction of sp³-hybridized carbons (Fsp3) is 1.00. The molecule has 0 aromatic rings. The number of unbranched alkanes of at least 4 members (excludes halogenated alkanes) is 5. The van der Waals surface area contributed by atoms with E-state index >= 15 is 0 Å². The SMILES string of the molecule is CCOC(OCC)[SiH2]CCCCCCCCN. The summed E-state index contributed by atoms with van der Waals surface area (Å²) in [6, 6.07) is 1.35. The predicted molar refractivity (Wildman–Crippen MR) is 77.1 cm³/mol. The first-order valence-electron chi connectivity index (χ1n) is 7.28. The molecule has 0 amide bonds. The van der Waals surface area contributed by atoms with Crippen LogP contribution in [-0.4, -0.2) is 35.2 Å². The van der Waals surface area contributed by atoms with Gasteiger partial charge in [-0.1, -0.05) is 38.1 Å². The molecule has 0 fully saturated rings. The molecule has 0 aliphatic heterocycles. The van der Waals surface area contributed by atoms with Crippen LogP contribution in [0.4, 0.5) is 0 Å². The van der Waals surface area contributed by atoms with Gasteiger partial charge in [0.25, 0.3) is 0 Å². The highest BCUT2D eigenvalue weighted by Crippen LogP contribution is 2.08. The number of hydrogen-bond acceptors (Lipinski definition) is 3. The van der Waals surface area contributed by atoms with E-state index < -0.39 is 0 Å². The molecule has 0 atom stereocenters. The minimum absolute atomic E-state index is 0.155. The lowest BCUT2D eigenvalue weighted by atomic mass is 10.1. The van der Waals surface area contributed by atoms with Gasteiger partial charge in [-0.05, 0) is 26.8 Å². The maximum absolute atomic E-state index is 5.57. The lowest BCUT2D eigenvalue weighted by molar-refractivity contribution is -0.0827. The summed E-state index contributed by atoms with van der Waals surface area (Å²) < 4.78 is 11.1. The molecule has 0 aliphatic rings. The molecule has 0 bridgehead atoms. The normalized spacial score (nSPS) is 12.0. The van der Waals surface area contributed by atoms with Crippen molar-refractivity contribution in [3.63, 3.8) is 0 Å². The zero-order valence-corrected chi connectivity index (χ0v) is 13.2. The largest absolute Gasteiger partial charge is 0.357 e. The molecule has 104 valence electrons. The van der Waals surface area contributed by atoms with Gasteiger partial charge in [-0.15, -0.1) is 0 Å². The second kappa shape index (κ2) is 14.2. The molecule has 2 N–H and O–H groups in total. The Morgan fingerprint density at radius 1 is 0.882 bits per heavy atom. The van der Waals surface area contributed by atoms with Crippen LogP contribution < -0.4 is 5.73 Å². The van der Waals surface area contributed by atoms with Crippen LogP contribution in [0, 0.1) is 0 Å². The molecule has 0 radical (unpaired) electrons. The average Bonchev–Trinajstić information content (AvgIpc) is 2.33. The highest BCUT2D eigenvalue weighted by Gasteiger charge is 2.07. The van der Waals surface area contributed by atoms with Crippen LogP contribution in [0.25, 0.3) is 0 Å². The summed E-state index contributed by atoms with van der Waals surface area (Å²) in [5.74, 6) is 0.155. The van der Waals surface area contributed by atoms with Crippen molar-refractivity contribution >= 4 is 9.52 Å². The van der Waals surface area contributed by atoms with E-state index in [4.69, 9.17) is 15.2 Å². The molecular formula is C13H31NO2Si. The van der Waals surface area contributed by atoms with Crippen LogP contribution >= 0.6 is 0 Å². The van der Waals surface area contributed by atoms with Crippen LogP contribution in [-0.2, 0) is 9.47 Å². The quantitative estimate of drug-likeness (QED) is 0.314. The Morgan fingerprint density at radius 2 is 1.41 bits per heavy atom. The van der Waals surface area contributed by atoms with Crippen LogP contribution in [0.2, 0.25) is 6.04 Å². The Morgan fingerprint density at radius 3 is 1.94 bits per heavy atom. The minimum atomic E-state index is -0.205. The smallest absolute Gasteiger partial charge is 0.134 e. The molecule has 0 heterocycles. The van der Waals surface area contributed by atoms with Crippen LogP contribution in [0.15, 0.2) is 0 Å². The van der Waals surface area contributed by atoms with Crippen LogP contribution in [0.5, 0.6) is 0 Å². The van der Waals surface area contributed by atoms with Gasteiger partial charge in [-0.25, -0.2) is 0 Å². The van der Waals surface area contributed by atoms with Crippen molar-refractivity contribution in [2.75, 3.05) is 19.8 Å². The van der Waals surface area contributed by atoms with Crippen LogP contribution in [0.3, 0.4) is 0 Å². The molecule has 17 heavy (non-hydrogen) atoms. The summed E-state index contributed by atoms with van der Waals surface area (Å²) in [7, 11) is -0.205. The van der Waals surface area contributed by atoms with Gasteiger partial charge in [0, 0.05) is 13.2 Å². The third kappa shape index (κ3) is 12.3. The second-order valence-electron chi connectivity index (χ2n) is 4.39. The Balaban J connectivity index is 3.23. The van der Waals surface area contributed by atoms with Crippen molar-refractivity contribution < 1.29 is 9.47 Å². The van der Waals surface area contributed by atoms with E-state index in [0.717, 1.165) is 19.8 Å². The highest BCUT2D eigenvalue weighted by molar-refractivity contribution is 6.36. The van der Waals surface area contributed by atoms with Crippen molar-refractivity contribution in [3.05, 3.63) is 0 Å². The lowest BCUT2D eigenvalue weighted by Gasteiger charge is -2.16. The van der Waals surface area contributed by atoms with E-state index in [0.29, 0.717) is 0 Å². The summed E-state index contributed by atoms with van der Waals surface area (Å²) >= 11 is 0. The fourth-order valence-corrected chi connectivity index (χ4v) is 3.71. The van der Waals surface area contributed by atoms with Crippen molar-refractivity contribution in [2.24, 2.45) is 5.73 Å². The number of hydrogen-bond donors (Lipinski definition) is 1. The summed E-state index contributed by atoms with van der Waals surface area (Å²) in [5.41, 5.74) is 5.46. The predicted octanol–water partition coefficient (Wildman–Crippen LogP) is 2.23. The highest BCUT2D eigenvalue weighted by atomic mass is 28.2. The van der Waals surface area contributed by atoms with Gasteiger partial charge in [-0.2, -0.15) is 0 Å². The molecule has 0 saturated carbocycles. The molecule has 0 aliphatic carbocycles. The van der Waals surface area contributed by atoms with Gasteiger partial charge in [-0.3, -0.25) is 0 Å². The fourth-order valence-electron chi connectivity index (χ4n) is 1.93. The number of rotatable bonds is 13. The van der Waals surface area contributed by atoms with Gasteiger partial charge in [0.1, 0.15) is 5.91 Å². The molecule has 4 heteroatoms. The monoisotopic (exact) mass is 261 g/mol. The summed E-state index contributed by atoms with van der Waals surface area (Å²) in [6.07, 6.45) is 7.91. The van der Waals surface area contributed by atoms with E-state index in [1.807, 2.05) is 13.8 Å². The van der Waals surface area contributed by atoms with Crippen molar-refractivity contribution in [2.45, 2.75) is 64.3 Å².